The zero-order valence-corrected chi connectivity index (χ0v) is 17.0. The van der Waals surface area contributed by atoms with Crippen LogP contribution >= 0.6 is 11.6 Å². The molecule has 28 heavy (non-hydrogen) atoms. The number of hydrogen-bond donors (Lipinski definition) is 1. The molecule has 0 aliphatic rings. The van der Waals surface area contributed by atoms with Crippen LogP contribution in [0.4, 0.5) is 0 Å². The highest BCUT2D eigenvalue weighted by Gasteiger charge is 2.29. The Bertz CT molecular complexity index is 1070. The number of aryl methyl sites for hydroxylation is 1. The van der Waals surface area contributed by atoms with E-state index in [9.17, 15) is 14.7 Å². The number of aromatic nitrogens is 1. The van der Waals surface area contributed by atoms with Gasteiger partial charge in [-0.3, -0.25) is 14.2 Å². The first-order chi connectivity index (χ1) is 13.3. The van der Waals surface area contributed by atoms with Crippen molar-refractivity contribution in [3.05, 3.63) is 63.8 Å². The number of carbonyl (C=O) groups is 2. The van der Waals surface area contributed by atoms with Gasteiger partial charge in [-0.15, -0.1) is 0 Å². The molecule has 1 aromatic heterocycles. The number of methoxy groups -OCH3 is 1. The van der Waals surface area contributed by atoms with E-state index in [2.05, 4.69) is 0 Å². The second-order valence-electron chi connectivity index (χ2n) is 6.81. The molecule has 0 aliphatic carbocycles. The molecule has 1 atom stereocenters. The van der Waals surface area contributed by atoms with Crippen LogP contribution in [0.5, 0.6) is 5.75 Å². The zero-order chi connectivity index (χ0) is 20.6. The Morgan fingerprint density at radius 2 is 1.82 bits per heavy atom. The summed E-state index contributed by atoms with van der Waals surface area (Å²) in [5, 5.41) is 10.8. The summed E-state index contributed by atoms with van der Waals surface area (Å²) < 4.78 is 6.86. The van der Waals surface area contributed by atoms with Crippen molar-refractivity contribution >= 4 is 34.4 Å². The van der Waals surface area contributed by atoms with Crippen molar-refractivity contribution in [1.82, 2.24) is 4.57 Å². The van der Waals surface area contributed by atoms with Crippen molar-refractivity contribution in [2.24, 2.45) is 0 Å². The van der Waals surface area contributed by atoms with Gasteiger partial charge in [0.05, 0.1) is 23.6 Å². The maximum atomic E-state index is 13.3. The minimum atomic E-state index is -0.929. The molecule has 3 rings (SSSR count). The highest BCUT2D eigenvalue weighted by molar-refractivity contribution is 6.33. The van der Waals surface area contributed by atoms with Crippen molar-refractivity contribution in [2.75, 3.05) is 7.11 Å². The number of hydrogen-bond acceptors (Lipinski definition) is 3. The molecule has 146 valence electrons. The van der Waals surface area contributed by atoms with E-state index >= 15 is 0 Å². The summed E-state index contributed by atoms with van der Waals surface area (Å²) in [7, 11) is 1.50. The van der Waals surface area contributed by atoms with Crippen LogP contribution in [0.2, 0.25) is 5.02 Å². The van der Waals surface area contributed by atoms with E-state index < -0.39 is 11.9 Å². The molecular weight excluding hydrogens is 378 g/mol. The minimum Gasteiger partial charge on any atom is -0.495 e. The van der Waals surface area contributed by atoms with Gasteiger partial charge in [0.1, 0.15) is 5.75 Å². The quantitative estimate of drug-likeness (QED) is 0.641. The van der Waals surface area contributed by atoms with Gasteiger partial charge in [-0.25, -0.2) is 0 Å². The molecule has 5 nitrogen and oxygen atoms in total. The number of rotatable bonds is 5. The molecule has 0 amide bonds. The fourth-order valence-electron chi connectivity index (χ4n) is 3.63. The maximum Gasteiger partial charge on any atom is 0.311 e. The Morgan fingerprint density at radius 3 is 2.36 bits per heavy atom. The van der Waals surface area contributed by atoms with Crippen LogP contribution in [0.25, 0.3) is 10.9 Å². The Kier molecular flexibility index (Phi) is 5.47. The summed E-state index contributed by atoms with van der Waals surface area (Å²) in [5.41, 5.74) is 3.35. The van der Waals surface area contributed by atoms with E-state index in [0.29, 0.717) is 44.9 Å². The summed E-state index contributed by atoms with van der Waals surface area (Å²) in [4.78, 5) is 25.2. The van der Waals surface area contributed by atoms with E-state index in [1.165, 1.54) is 7.11 Å². The highest BCUT2D eigenvalue weighted by Crippen LogP contribution is 2.39. The average molecular weight is 400 g/mol. The fourth-order valence-corrected chi connectivity index (χ4v) is 3.86. The fraction of sp³-hybridized carbons (Fsp3) is 0.273. The Hall–Kier alpha value is -2.79. The highest BCUT2D eigenvalue weighted by atomic mass is 35.5. The lowest BCUT2D eigenvalue weighted by atomic mass is 9.94. The van der Waals surface area contributed by atoms with E-state index in [1.807, 2.05) is 26.0 Å². The first-order valence-corrected chi connectivity index (χ1v) is 9.40. The van der Waals surface area contributed by atoms with E-state index in [1.54, 1.807) is 35.8 Å². The van der Waals surface area contributed by atoms with E-state index in [-0.39, 0.29) is 5.91 Å². The molecular formula is C22H22ClNO4. The SMILES string of the molecule is CCC(C(=O)O)c1c(C)n(C(=O)c2ccc(C)cc2)c2cc(Cl)c(OC)cc12. The van der Waals surface area contributed by atoms with Gasteiger partial charge in [-0.1, -0.05) is 36.2 Å². The standard InChI is InChI=1S/C22H22ClNO4/c1-5-15(22(26)27)20-13(3)24(21(25)14-8-6-12(2)7-9-14)18-11-17(23)19(28-4)10-16(18)20/h6-11,15H,5H2,1-4H3,(H,26,27). The van der Waals surface area contributed by atoms with Gasteiger partial charge in [-0.2, -0.15) is 0 Å². The molecule has 0 radical (unpaired) electrons. The van der Waals surface area contributed by atoms with Gasteiger partial charge in [0.2, 0.25) is 0 Å². The molecule has 0 bridgehead atoms. The number of carbonyl (C=O) groups excluding carboxylic acids is 1. The molecule has 0 fully saturated rings. The Balaban J connectivity index is 2.35. The lowest BCUT2D eigenvalue weighted by Crippen LogP contribution is -2.16. The van der Waals surface area contributed by atoms with Crippen LogP contribution in [-0.4, -0.2) is 28.7 Å². The lowest BCUT2D eigenvalue weighted by Gasteiger charge is -2.12. The van der Waals surface area contributed by atoms with Gasteiger partial charge in [-0.05, 0) is 50.1 Å². The summed E-state index contributed by atoms with van der Waals surface area (Å²) in [6, 6.07) is 10.6. The van der Waals surface area contributed by atoms with Gasteiger partial charge in [0.15, 0.2) is 0 Å². The lowest BCUT2D eigenvalue weighted by molar-refractivity contribution is -0.138. The van der Waals surface area contributed by atoms with Crippen LogP contribution in [0.15, 0.2) is 36.4 Å². The number of carboxylic acid groups (broad SMARTS) is 1. The molecule has 1 heterocycles. The number of halogens is 1. The molecule has 6 heteroatoms. The Morgan fingerprint density at radius 1 is 1.18 bits per heavy atom. The number of fused-ring (bicyclic) bond motifs is 1. The van der Waals surface area contributed by atoms with Gasteiger partial charge >= 0.3 is 5.97 Å². The summed E-state index contributed by atoms with van der Waals surface area (Å²) >= 11 is 6.32. The third-order valence-electron chi connectivity index (χ3n) is 5.08. The zero-order valence-electron chi connectivity index (χ0n) is 16.2. The van der Waals surface area contributed by atoms with Gasteiger partial charge < -0.3 is 9.84 Å². The third-order valence-corrected chi connectivity index (χ3v) is 5.38. The van der Waals surface area contributed by atoms with Gasteiger partial charge in [0.25, 0.3) is 5.91 Å². The minimum absolute atomic E-state index is 0.227. The Labute approximate surface area is 168 Å². The van der Waals surface area contributed by atoms with E-state index in [0.717, 1.165) is 5.56 Å². The number of carboxylic acids is 1. The number of nitrogens with zero attached hydrogens (tertiary/aromatic N) is 1. The molecule has 2 aromatic carbocycles. The van der Waals surface area contributed by atoms with Crippen LogP contribution in [-0.2, 0) is 4.79 Å². The van der Waals surface area contributed by atoms with Crippen LogP contribution in [0, 0.1) is 13.8 Å². The maximum absolute atomic E-state index is 13.3. The topological polar surface area (TPSA) is 68.5 Å². The van der Waals surface area contributed by atoms with Crippen LogP contribution in [0.1, 0.15) is 46.4 Å². The van der Waals surface area contributed by atoms with Crippen molar-refractivity contribution in [1.29, 1.82) is 0 Å². The second kappa shape index (κ2) is 7.68. The predicted molar refractivity (Wildman–Crippen MR) is 110 cm³/mol. The summed E-state index contributed by atoms with van der Waals surface area (Å²) in [6.07, 6.45) is 0.402. The normalized spacial score (nSPS) is 12.2. The first kappa shape index (κ1) is 20.0. The predicted octanol–water partition coefficient (Wildman–Crippen LogP) is 5.19. The third kappa shape index (κ3) is 3.27. The molecule has 1 N–H and O–H groups in total. The second-order valence-corrected chi connectivity index (χ2v) is 7.22. The summed E-state index contributed by atoms with van der Waals surface area (Å²) in [5.74, 6) is -1.45. The van der Waals surface area contributed by atoms with Crippen molar-refractivity contribution in [3.63, 3.8) is 0 Å². The van der Waals surface area contributed by atoms with Crippen LogP contribution < -0.4 is 4.74 Å². The molecule has 1 unspecified atom stereocenters. The molecule has 0 aliphatic heterocycles. The number of ether oxygens (including phenoxy) is 1. The smallest absolute Gasteiger partial charge is 0.311 e. The van der Waals surface area contributed by atoms with Crippen molar-refractivity contribution in [3.8, 4) is 5.75 Å². The molecule has 0 spiro atoms. The van der Waals surface area contributed by atoms with Gasteiger partial charge in [0, 0.05) is 16.6 Å². The number of benzene rings is 2. The first-order valence-electron chi connectivity index (χ1n) is 9.02. The van der Waals surface area contributed by atoms with Crippen LogP contribution in [0.3, 0.4) is 0 Å². The van der Waals surface area contributed by atoms with Crippen molar-refractivity contribution < 1.29 is 19.4 Å². The molecule has 3 aromatic rings. The molecule has 0 saturated carbocycles. The average Bonchev–Trinajstić information content (AvgIpc) is 2.93. The number of aliphatic carboxylic acids is 1. The largest absolute Gasteiger partial charge is 0.495 e. The van der Waals surface area contributed by atoms with Crippen molar-refractivity contribution in [2.45, 2.75) is 33.1 Å². The van der Waals surface area contributed by atoms with E-state index in [4.69, 9.17) is 16.3 Å². The summed E-state index contributed by atoms with van der Waals surface area (Å²) in [6.45, 7) is 5.54. The monoisotopic (exact) mass is 399 g/mol. The molecule has 0 saturated heterocycles.